The van der Waals surface area contributed by atoms with Gasteiger partial charge in [0.05, 0.1) is 5.75 Å². The summed E-state index contributed by atoms with van der Waals surface area (Å²) in [5, 5.41) is 3.02. The Morgan fingerprint density at radius 1 is 1.06 bits per heavy atom. The van der Waals surface area contributed by atoms with Crippen LogP contribution in [0.4, 0.5) is 0 Å². The number of thioether (sulfide) groups is 1. The van der Waals surface area contributed by atoms with Crippen LogP contribution < -0.4 is 5.32 Å². The van der Waals surface area contributed by atoms with Crippen molar-refractivity contribution in [2.45, 2.75) is 65.3 Å². The number of hydrogen-bond donors (Lipinski definition) is 1. The van der Waals surface area contributed by atoms with Crippen LogP contribution in [0.2, 0.25) is 0 Å². The molecule has 0 fully saturated rings. The SMILES string of the molecule is CCCCNC(=O)C(CC)N(Cc1ccccc1C)C(=O)CSCc1cccc(C)c1. The number of carbonyl (C=O) groups excluding carboxylic acids is 2. The van der Waals surface area contributed by atoms with E-state index in [0.29, 0.717) is 25.3 Å². The number of hydrogen-bond acceptors (Lipinski definition) is 3. The normalized spacial score (nSPS) is 11.7. The Morgan fingerprint density at radius 2 is 1.84 bits per heavy atom. The summed E-state index contributed by atoms with van der Waals surface area (Å²) in [4.78, 5) is 27.9. The molecule has 5 heteroatoms. The highest BCUT2D eigenvalue weighted by Crippen LogP contribution is 2.19. The molecule has 0 spiro atoms. The summed E-state index contributed by atoms with van der Waals surface area (Å²) in [6.07, 6.45) is 2.57. The van der Waals surface area contributed by atoms with Gasteiger partial charge in [-0.3, -0.25) is 9.59 Å². The lowest BCUT2D eigenvalue weighted by atomic mass is 10.1. The van der Waals surface area contributed by atoms with Gasteiger partial charge < -0.3 is 10.2 Å². The van der Waals surface area contributed by atoms with Gasteiger partial charge in [-0.1, -0.05) is 74.4 Å². The zero-order valence-corrected chi connectivity index (χ0v) is 20.1. The molecule has 1 N–H and O–H groups in total. The quantitative estimate of drug-likeness (QED) is 0.458. The predicted octanol–water partition coefficient (Wildman–Crippen LogP) is 5.26. The summed E-state index contributed by atoms with van der Waals surface area (Å²) in [6, 6.07) is 16.0. The molecular weight excluding hydrogens is 404 g/mol. The number of nitrogens with one attached hydrogen (secondary N) is 1. The summed E-state index contributed by atoms with van der Waals surface area (Å²) in [5.74, 6) is 1.10. The zero-order valence-electron chi connectivity index (χ0n) is 19.3. The molecule has 0 heterocycles. The largest absolute Gasteiger partial charge is 0.354 e. The molecule has 2 aromatic rings. The van der Waals surface area contributed by atoms with Crippen molar-refractivity contribution in [1.29, 1.82) is 0 Å². The first-order chi connectivity index (χ1) is 15.0. The van der Waals surface area contributed by atoms with E-state index < -0.39 is 6.04 Å². The predicted molar refractivity (Wildman–Crippen MR) is 131 cm³/mol. The van der Waals surface area contributed by atoms with Crippen LogP contribution in [-0.2, 0) is 21.9 Å². The number of unbranched alkanes of at least 4 members (excludes halogenated alkanes) is 1. The Kier molecular flexibility index (Phi) is 10.6. The third-order valence-corrected chi connectivity index (χ3v) is 6.38. The van der Waals surface area contributed by atoms with Gasteiger partial charge in [0.25, 0.3) is 0 Å². The lowest BCUT2D eigenvalue weighted by molar-refractivity contribution is -0.139. The maximum absolute atomic E-state index is 13.3. The maximum atomic E-state index is 13.3. The Hall–Kier alpha value is -2.27. The van der Waals surface area contributed by atoms with Crippen LogP contribution in [0.25, 0.3) is 0 Å². The second-order valence-corrected chi connectivity index (χ2v) is 8.98. The van der Waals surface area contributed by atoms with Crippen LogP contribution in [0, 0.1) is 13.8 Å². The van der Waals surface area contributed by atoms with Gasteiger partial charge in [0.1, 0.15) is 6.04 Å². The summed E-state index contributed by atoms with van der Waals surface area (Å²) in [5.41, 5.74) is 4.65. The van der Waals surface area contributed by atoms with Crippen molar-refractivity contribution in [2.75, 3.05) is 12.3 Å². The number of benzene rings is 2. The number of rotatable bonds is 12. The van der Waals surface area contributed by atoms with Crippen molar-refractivity contribution < 1.29 is 9.59 Å². The van der Waals surface area contributed by atoms with Gasteiger partial charge in [-0.05, 0) is 43.4 Å². The van der Waals surface area contributed by atoms with Gasteiger partial charge in [-0.15, -0.1) is 11.8 Å². The van der Waals surface area contributed by atoms with E-state index in [2.05, 4.69) is 37.4 Å². The van der Waals surface area contributed by atoms with Gasteiger partial charge in [0.15, 0.2) is 0 Å². The van der Waals surface area contributed by atoms with E-state index in [9.17, 15) is 9.59 Å². The monoisotopic (exact) mass is 440 g/mol. The number of carbonyl (C=O) groups is 2. The van der Waals surface area contributed by atoms with E-state index in [1.165, 1.54) is 11.1 Å². The first-order valence-electron chi connectivity index (χ1n) is 11.2. The molecule has 0 aliphatic carbocycles. The topological polar surface area (TPSA) is 49.4 Å². The fraction of sp³-hybridized carbons (Fsp3) is 0.462. The molecule has 0 saturated heterocycles. The van der Waals surface area contributed by atoms with Crippen LogP contribution in [-0.4, -0.2) is 35.1 Å². The summed E-state index contributed by atoms with van der Waals surface area (Å²) >= 11 is 1.60. The minimum atomic E-state index is -0.455. The van der Waals surface area contributed by atoms with Gasteiger partial charge in [-0.2, -0.15) is 0 Å². The van der Waals surface area contributed by atoms with Crippen LogP contribution in [0.1, 0.15) is 55.4 Å². The first-order valence-corrected chi connectivity index (χ1v) is 12.4. The van der Waals surface area contributed by atoms with Crippen molar-refractivity contribution in [3.8, 4) is 0 Å². The summed E-state index contributed by atoms with van der Waals surface area (Å²) < 4.78 is 0. The standard InChI is InChI=1S/C26H36N2O2S/c1-5-7-15-27-26(30)24(6-2)28(17-23-14-9-8-12-21(23)4)25(29)19-31-18-22-13-10-11-20(3)16-22/h8-14,16,24H,5-7,15,17-19H2,1-4H3,(H,27,30). The van der Waals surface area contributed by atoms with E-state index >= 15 is 0 Å². The Morgan fingerprint density at radius 3 is 2.52 bits per heavy atom. The van der Waals surface area contributed by atoms with Gasteiger partial charge in [0.2, 0.25) is 11.8 Å². The lowest BCUT2D eigenvalue weighted by Gasteiger charge is -2.31. The summed E-state index contributed by atoms with van der Waals surface area (Å²) in [6.45, 7) is 9.31. The third kappa shape index (κ3) is 8.06. The first kappa shape index (κ1) is 25.0. The number of amides is 2. The Balaban J connectivity index is 2.11. The molecule has 168 valence electrons. The fourth-order valence-electron chi connectivity index (χ4n) is 3.54. The van der Waals surface area contributed by atoms with Crippen LogP contribution in [0.3, 0.4) is 0 Å². The van der Waals surface area contributed by atoms with E-state index in [4.69, 9.17) is 0 Å². The smallest absolute Gasteiger partial charge is 0.242 e. The minimum Gasteiger partial charge on any atom is -0.354 e. The molecule has 2 aromatic carbocycles. The highest BCUT2D eigenvalue weighted by atomic mass is 32.2. The zero-order chi connectivity index (χ0) is 22.6. The average molecular weight is 441 g/mol. The molecule has 0 aliphatic rings. The molecule has 1 atom stereocenters. The molecule has 1 unspecified atom stereocenters. The second kappa shape index (κ2) is 13.2. The molecule has 0 radical (unpaired) electrons. The Bertz CT molecular complexity index is 853. The Labute approximate surface area is 191 Å². The van der Waals surface area contributed by atoms with Gasteiger partial charge in [0, 0.05) is 18.8 Å². The molecule has 2 rings (SSSR count). The van der Waals surface area contributed by atoms with E-state index in [-0.39, 0.29) is 11.8 Å². The van der Waals surface area contributed by atoms with Crippen molar-refractivity contribution in [1.82, 2.24) is 10.2 Å². The molecule has 2 amide bonds. The van der Waals surface area contributed by atoms with Crippen LogP contribution in [0.5, 0.6) is 0 Å². The van der Waals surface area contributed by atoms with Crippen molar-refractivity contribution in [3.05, 3.63) is 70.8 Å². The molecular formula is C26H36N2O2S. The average Bonchev–Trinajstić information content (AvgIpc) is 2.75. The van der Waals surface area contributed by atoms with E-state index in [0.717, 1.165) is 29.7 Å². The van der Waals surface area contributed by atoms with Gasteiger partial charge >= 0.3 is 0 Å². The van der Waals surface area contributed by atoms with Crippen molar-refractivity contribution >= 4 is 23.6 Å². The number of aryl methyl sites for hydroxylation is 2. The molecule has 0 saturated carbocycles. The molecule has 0 aliphatic heterocycles. The highest BCUT2D eigenvalue weighted by Gasteiger charge is 2.28. The van der Waals surface area contributed by atoms with E-state index in [1.807, 2.05) is 44.2 Å². The summed E-state index contributed by atoms with van der Waals surface area (Å²) in [7, 11) is 0. The van der Waals surface area contributed by atoms with Gasteiger partial charge in [-0.25, -0.2) is 0 Å². The van der Waals surface area contributed by atoms with Crippen molar-refractivity contribution in [2.24, 2.45) is 0 Å². The minimum absolute atomic E-state index is 0.0124. The van der Waals surface area contributed by atoms with Crippen molar-refractivity contribution in [3.63, 3.8) is 0 Å². The molecule has 4 nitrogen and oxygen atoms in total. The lowest BCUT2D eigenvalue weighted by Crippen LogP contribution is -2.49. The molecule has 0 bridgehead atoms. The van der Waals surface area contributed by atoms with E-state index in [1.54, 1.807) is 16.7 Å². The van der Waals surface area contributed by atoms with Crippen LogP contribution in [0.15, 0.2) is 48.5 Å². The van der Waals surface area contributed by atoms with Crippen LogP contribution >= 0.6 is 11.8 Å². The highest BCUT2D eigenvalue weighted by molar-refractivity contribution is 7.99. The molecule has 31 heavy (non-hydrogen) atoms. The maximum Gasteiger partial charge on any atom is 0.242 e. The fourth-order valence-corrected chi connectivity index (χ4v) is 4.40. The molecule has 0 aromatic heterocycles. The third-order valence-electron chi connectivity index (χ3n) is 5.39. The second-order valence-electron chi connectivity index (χ2n) is 8.00. The number of nitrogens with zero attached hydrogens (tertiary/aromatic N) is 1.